The molecular formula is C12H16O4. The zero-order valence-electron chi connectivity index (χ0n) is 9.56. The SMILES string of the molecule is COC(=O)CCOCc1ccc(OC)cc1. The molecule has 1 rings (SSSR count). The largest absolute Gasteiger partial charge is 0.497 e. The third kappa shape index (κ3) is 4.31. The van der Waals surface area contributed by atoms with E-state index < -0.39 is 0 Å². The fraction of sp³-hybridized carbons (Fsp3) is 0.417. The first-order valence-corrected chi connectivity index (χ1v) is 5.03. The van der Waals surface area contributed by atoms with Crippen LogP contribution in [0.3, 0.4) is 0 Å². The van der Waals surface area contributed by atoms with Crippen molar-refractivity contribution in [3.8, 4) is 5.75 Å². The smallest absolute Gasteiger partial charge is 0.307 e. The highest BCUT2D eigenvalue weighted by molar-refractivity contribution is 5.69. The van der Waals surface area contributed by atoms with Crippen LogP contribution < -0.4 is 4.74 Å². The maximum atomic E-state index is 10.8. The van der Waals surface area contributed by atoms with Crippen LogP contribution in [-0.2, 0) is 20.9 Å². The summed E-state index contributed by atoms with van der Waals surface area (Å²) in [5.41, 5.74) is 1.05. The summed E-state index contributed by atoms with van der Waals surface area (Å²) in [4.78, 5) is 10.8. The monoisotopic (exact) mass is 224 g/mol. The van der Waals surface area contributed by atoms with Gasteiger partial charge in [0.1, 0.15) is 5.75 Å². The average Bonchev–Trinajstić information content (AvgIpc) is 2.35. The van der Waals surface area contributed by atoms with Crippen molar-refractivity contribution in [1.29, 1.82) is 0 Å². The van der Waals surface area contributed by atoms with E-state index in [4.69, 9.17) is 9.47 Å². The quantitative estimate of drug-likeness (QED) is 0.545. The Morgan fingerprint density at radius 3 is 2.44 bits per heavy atom. The zero-order valence-corrected chi connectivity index (χ0v) is 9.56. The first kappa shape index (κ1) is 12.5. The van der Waals surface area contributed by atoms with Crippen LogP contribution in [-0.4, -0.2) is 26.8 Å². The Labute approximate surface area is 95.1 Å². The molecule has 1 aromatic carbocycles. The zero-order chi connectivity index (χ0) is 11.8. The van der Waals surface area contributed by atoms with Gasteiger partial charge in [-0.2, -0.15) is 0 Å². The van der Waals surface area contributed by atoms with E-state index in [2.05, 4.69) is 4.74 Å². The number of esters is 1. The van der Waals surface area contributed by atoms with Crippen molar-refractivity contribution >= 4 is 5.97 Å². The maximum Gasteiger partial charge on any atom is 0.307 e. The lowest BCUT2D eigenvalue weighted by Gasteiger charge is -2.04. The number of methoxy groups -OCH3 is 2. The Hall–Kier alpha value is -1.55. The Bertz CT molecular complexity index is 318. The summed E-state index contributed by atoms with van der Waals surface area (Å²) in [5, 5.41) is 0. The van der Waals surface area contributed by atoms with Crippen molar-refractivity contribution in [1.82, 2.24) is 0 Å². The fourth-order valence-corrected chi connectivity index (χ4v) is 1.17. The lowest BCUT2D eigenvalue weighted by Crippen LogP contribution is -2.05. The first-order valence-electron chi connectivity index (χ1n) is 5.03. The number of carbonyl (C=O) groups excluding carboxylic acids is 1. The minimum atomic E-state index is -0.255. The Morgan fingerprint density at radius 2 is 1.88 bits per heavy atom. The summed E-state index contributed by atoms with van der Waals surface area (Å²) in [5.74, 6) is 0.563. The third-order valence-electron chi connectivity index (χ3n) is 2.11. The highest BCUT2D eigenvalue weighted by Crippen LogP contribution is 2.11. The van der Waals surface area contributed by atoms with Gasteiger partial charge in [0.15, 0.2) is 0 Å². The van der Waals surface area contributed by atoms with Crippen molar-refractivity contribution in [2.24, 2.45) is 0 Å². The molecule has 0 N–H and O–H groups in total. The molecule has 0 aliphatic carbocycles. The van der Waals surface area contributed by atoms with Gasteiger partial charge in [0.25, 0.3) is 0 Å². The molecule has 0 radical (unpaired) electrons. The fourth-order valence-electron chi connectivity index (χ4n) is 1.17. The predicted molar refractivity (Wildman–Crippen MR) is 59.3 cm³/mol. The molecule has 0 fully saturated rings. The second-order valence-electron chi connectivity index (χ2n) is 3.23. The van der Waals surface area contributed by atoms with Crippen molar-refractivity contribution in [2.75, 3.05) is 20.8 Å². The van der Waals surface area contributed by atoms with Gasteiger partial charge in [-0.15, -0.1) is 0 Å². The predicted octanol–water partition coefficient (Wildman–Crippen LogP) is 1.77. The summed E-state index contributed by atoms with van der Waals surface area (Å²) < 4.78 is 14.9. The second kappa shape index (κ2) is 6.85. The Kier molecular flexibility index (Phi) is 5.36. The molecule has 0 bridgehead atoms. The molecule has 0 saturated heterocycles. The molecular weight excluding hydrogens is 208 g/mol. The van der Waals surface area contributed by atoms with E-state index in [1.807, 2.05) is 24.3 Å². The molecule has 0 heterocycles. The molecule has 0 amide bonds. The van der Waals surface area contributed by atoms with Crippen LogP contribution in [0.1, 0.15) is 12.0 Å². The Morgan fingerprint density at radius 1 is 1.19 bits per heavy atom. The summed E-state index contributed by atoms with van der Waals surface area (Å²) in [6, 6.07) is 7.60. The number of rotatable bonds is 6. The second-order valence-corrected chi connectivity index (χ2v) is 3.23. The van der Waals surface area contributed by atoms with Gasteiger partial charge in [-0.3, -0.25) is 4.79 Å². The highest BCUT2D eigenvalue weighted by Gasteiger charge is 2.00. The van der Waals surface area contributed by atoms with E-state index in [1.165, 1.54) is 7.11 Å². The van der Waals surface area contributed by atoms with Gasteiger partial charge in [0, 0.05) is 0 Å². The van der Waals surface area contributed by atoms with E-state index in [9.17, 15) is 4.79 Å². The first-order chi connectivity index (χ1) is 7.76. The lowest BCUT2D eigenvalue weighted by atomic mass is 10.2. The van der Waals surface area contributed by atoms with Gasteiger partial charge in [0.05, 0.1) is 33.9 Å². The molecule has 16 heavy (non-hydrogen) atoms. The van der Waals surface area contributed by atoms with Gasteiger partial charge >= 0.3 is 5.97 Å². The molecule has 0 unspecified atom stereocenters. The van der Waals surface area contributed by atoms with Crippen LogP contribution in [0.15, 0.2) is 24.3 Å². The standard InChI is InChI=1S/C12H16O4/c1-14-11-5-3-10(4-6-11)9-16-8-7-12(13)15-2/h3-6H,7-9H2,1-2H3. The molecule has 4 nitrogen and oxygen atoms in total. The minimum absolute atomic E-state index is 0.255. The molecule has 0 spiro atoms. The molecule has 1 aromatic rings. The highest BCUT2D eigenvalue weighted by atomic mass is 16.5. The number of benzene rings is 1. The summed E-state index contributed by atoms with van der Waals surface area (Å²) in [6.07, 6.45) is 0.284. The van der Waals surface area contributed by atoms with Crippen molar-refractivity contribution < 1.29 is 19.0 Å². The average molecular weight is 224 g/mol. The maximum absolute atomic E-state index is 10.8. The molecule has 4 heteroatoms. The Balaban J connectivity index is 2.24. The van der Waals surface area contributed by atoms with E-state index in [0.29, 0.717) is 13.2 Å². The lowest BCUT2D eigenvalue weighted by molar-refractivity contribution is -0.141. The van der Waals surface area contributed by atoms with Crippen molar-refractivity contribution in [3.63, 3.8) is 0 Å². The van der Waals surface area contributed by atoms with Crippen LogP contribution >= 0.6 is 0 Å². The van der Waals surface area contributed by atoms with Gasteiger partial charge in [-0.1, -0.05) is 12.1 Å². The normalized spacial score (nSPS) is 9.88. The topological polar surface area (TPSA) is 44.8 Å². The van der Waals surface area contributed by atoms with E-state index >= 15 is 0 Å². The molecule has 0 aliphatic rings. The molecule has 0 aromatic heterocycles. The molecule has 0 atom stereocenters. The van der Waals surface area contributed by atoms with Crippen molar-refractivity contribution in [3.05, 3.63) is 29.8 Å². The molecule has 88 valence electrons. The number of ether oxygens (including phenoxy) is 3. The van der Waals surface area contributed by atoms with Gasteiger partial charge in [0.2, 0.25) is 0 Å². The van der Waals surface area contributed by atoms with E-state index in [1.54, 1.807) is 7.11 Å². The number of hydrogen-bond acceptors (Lipinski definition) is 4. The van der Waals surface area contributed by atoms with Gasteiger partial charge < -0.3 is 14.2 Å². The van der Waals surface area contributed by atoms with Crippen molar-refractivity contribution in [2.45, 2.75) is 13.0 Å². The summed E-state index contributed by atoms with van der Waals surface area (Å²) in [7, 11) is 2.99. The minimum Gasteiger partial charge on any atom is -0.497 e. The van der Waals surface area contributed by atoms with Crippen LogP contribution in [0.5, 0.6) is 5.75 Å². The van der Waals surface area contributed by atoms with E-state index in [0.717, 1.165) is 11.3 Å². The molecule has 0 aliphatic heterocycles. The van der Waals surface area contributed by atoms with E-state index in [-0.39, 0.29) is 12.4 Å². The van der Waals surface area contributed by atoms with Crippen LogP contribution in [0.2, 0.25) is 0 Å². The number of carbonyl (C=O) groups is 1. The number of hydrogen-bond donors (Lipinski definition) is 0. The van der Waals surface area contributed by atoms with Gasteiger partial charge in [-0.25, -0.2) is 0 Å². The summed E-state index contributed by atoms with van der Waals surface area (Å²) >= 11 is 0. The van der Waals surface area contributed by atoms with Crippen LogP contribution in [0.25, 0.3) is 0 Å². The van der Waals surface area contributed by atoms with Crippen LogP contribution in [0, 0.1) is 0 Å². The molecule has 0 saturated carbocycles. The van der Waals surface area contributed by atoms with Gasteiger partial charge in [-0.05, 0) is 17.7 Å². The summed E-state index contributed by atoms with van der Waals surface area (Å²) in [6.45, 7) is 0.861. The van der Waals surface area contributed by atoms with Crippen LogP contribution in [0.4, 0.5) is 0 Å². The third-order valence-corrected chi connectivity index (χ3v) is 2.11.